The van der Waals surface area contributed by atoms with Crippen LogP contribution in [0.3, 0.4) is 0 Å². The molecule has 4 atom stereocenters. The summed E-state index contributed by atoms with van der Waals surface area (Å²) >= 11 is 0. The number of nitrogens with zero attached hydrogens (tertiary/aromatic N) is 2. The standard InChI is InChI=1S/C22H27N3O4/c1-12-6-13(2)8-17(7-12)23-19(26)11-24-20(27)21(28)25(22(24)29)14(3)18-10-15-4-5-16(18)9-15/h6-8,14-16,18H,4-5,9-11H2,1-3H3,(H,23,26)/t14-,15-,16-,18-/m0/s1. The summed E-state index contributed by atoms with van der Waals surface area (Å²) in [6.07, 6.45) is 4.51. The molecular weight excluding hydrogens is 370 g/mol. The fraction of sp³-hybridized carbons (Fsp3) is 0.545. The number of nitrogens with one attached hydrogen (secondary N) is 1. The number of imide groups is 2. The van der Waals surface area contributed by atoms with E-state index in [-0.39, 0.29) is 12.0 Å². The van der Waals surface area contributed by atoms with E-state index in [1.54, 1.807) is 0 Å². The minimum atomic E-state index is -0.916. The molecule has 1 heterocycles. The first-order valence-corrected chi connectivity index (χ1v) is 10.3. The zero-order valence-corrected chi connectivity index (χ0v) is 17.1. The van der Waals surface area contributed by atoms with Crippen LogP contribution in [0.1, 0.15) is 43.7 Å². The predicted octanol–water partition coefficient (Wildman–Crippen LogP) is 2.86. The third-order valence-electron chi connectivity index (χ3n) is 6.71. The van der Waals surface area contributed by atoms with Crippen LogP contribution in [0, 0.1) is 31.6 Å². The van der Waals surface area contributed by atoms with Gasteiger partial charge < -0.3 is 5.32 Å². The third-order valence-corrected chi connectivity index (χ3v) is 6.71. The Kier molecular flexibility index (Phi) is 4.92. The van der Waals surface area contributed by atoms with E-state index in [0.717, 1.165) is 40.2 Å². The Balaban J connectivity index is 1.44. The topological polar surface area (TPSA) is 86.8 Å². The highest BCUT2D eigenvalue weighted by Crippen LogP contribution is 2.50. The Hall–Kier alpha value is -2.70. The number of rotatable bonds is 5. The van der Waals surface area contributed by atoms with Crippen LogP contribution in [0.15, 0.2) is 18.2 Å². The average molecular weight is 397 g/mol. The molecular formula is C22H27N3O4. The second-order valence-corrected chi connectivity index (χ2v) is 8.85. The largest absolute Gasteiger partial charge is 0.334 e. The summed E-state index contributed by atoms with van der Waals surface area (Å²) in [6, 6.07) is 4.62. The lowest BCUT2D eigenvalue weighted by molar-refractivity contribution is -0.144. The maximum Gasteiger partial charge on any atom is 0.334 e. The number of amides is 5. The van der Waals surface area contributed by atoms with Crippen molar-refractivity contribution < 1.29 is 19.2 Å². The van der Waals surface area contributed by atoms with E-state index in [2.05, 4.69) is 5.32 Å². The lowest BCUT2D eigenvalue weighted by Gasteiger charge is -2.32. The van der Waals surface area contributed by atoms with E-state index < -0.39 is 30.3 Å². The van der Waals surface area contributed by atoms with E-state index in [9.17, 15) is 19.2 Å². The molecule has 1 aromatic carbocycles. The van der Waals surface area contributed by atoms with Crippen molar-refractivity contribution in [3.63, 3.8) is 0 Å². The van der Waals surface area contributed by atoms with Gasteiger partial charge in [-0.25, -0.2) is 9.69 Å². The number of benzene rings is 1. The molecule has 2 saturated carbocycles. The molecule has 2 aliphatic carbocycles. The van der Waals surface area contributed by atoms with Crippen LogP contribution in [0.5, 0.6) is 0 Å². The summed E-state index contributed by atoms with van der Waals surface area (Å²) in [5.74, 6) is -0.786. The second kappa shape index (κ2) is 7.28. The number of aryl methyl sites for hydroxylation is 2. The van der Waals surface area contributed by atoms with Crippen molar-refractivity contribution in [1.29, 1.82) is 0 Å². The normalized spacial score (nSPS) is 27.1. The van der Waals surface area contributed by atoms with Gasteiger partial charge in [-0.2, -0.15) is 0 Å². The van der Waals surface area contributed by atoms with Gasteiger partial charge in [0.25, 0.3) is 0 Å². The molecule has 3 fully saturated rings. The molecule has 154 valence electrons. The van der Waals surface area contributed by atoms with Gasteiger partial charge in [-0.3, -0.25) is 19.3 Å². The molecule has 0 spiro atoms. The molecule has 1 saturated heterocycles. The van der Waals surface area contributed by atoms with Crippen LogP contribution in [0.4, 0.5) is 10.5 Å². The van der Waals surface area contributed by atoms with Gasteiger partial charge in [0.05, 0.1) is 0 Å². The molecule has 0 radical (unpaired) electrons. The quantitative estimate of drug-likeness (QED) is 0.611. The molecule has 29 heavy (non-hydrogen) atoms. The molecule has 4 rings (SSSR count). The lowest BCUT2D eigenvalue weighted by Crippen LogP contribution is -2.45. The summed E-state index contributed by atoms with van der Waals surface area (Å²) in [5.41, 5.74) is 2.59. The van der Waals surface area contributed by atoms with E-state index in [1.807, 2.05) is 39.0 Å². The Labute approximate surface area is 170 Å². The number of anilines is 1. The lowest BCUT2D eigenvalue weighted by atomic mass is 9.83. The van der Waals surface area contributed by atoms with E-state index in [0.29, 0.717) is 17.5 Å². The first-order chi connectivity index (χ1) is 13.7. The third kappa shape index (κ3) is 3.54. The number of carbonyl (C=O) groups excluding carboxylic acids is 4. The summed E-state index contributed by atoms with van der Waals surface area (Å²) < 4.78 is 0. The van der Waals surface area contributed by atoms with Gasteiger partial charge in [0, 0.05) is 11.7 Å². The molecule has 7 heteroatoms. The Morgan fingerprint density at radius 3 is 2.34 bits per heavy atom. The first kappa shape index (κ1) is 19.6. The van der Waals surface area contributed by atoms with Crippen molar-refractivity contribution in [1.82, 2.24) is 9.80 Å². The molecule has 0 aromatic heterocycles. The van der Waals surface area contributed by atoms with E-state index in [4.69, 9.17) is 0 Å². The number of urea groups is 1. The molecule has 1 aliphatic heterocycles. The SMILES string of the molecule is Cc1cc(C)cc(NC(=O)CN2C(=O)C(=O)N([C@@H](C)[C@@H]3C[C@H]4CC[C@H]3C4)C2=O)c1. The van der Waals surface area contributed by atoms with E-state index >= 15 is 0 Å². The van der Waals surface area contributed by atoms with Crippen LogP contribution in [0.25, 0.3) is 0 Å². The number of fused-ring (bicyclic) bond motifs is 2. The monoisotopic (exact) mass is 397 g/mol. The van der Waals surface area contributed by atoms with Gasteiger partial charge in [0.15, 0.2) is 0 Å². The van der Waals surface area contributed by atoms with Crippen molar-refractivity contribution >= 4 is 29.4 Å². The Morgan fingerprint density at radius 1 is 1.07 bits per heavy atom. The number of carbonyl (C=O) groups is 4. The van der Waals surface area contributed by atoms with Crippen LogP contribution in [0.2, 0.25) is 0 Å². The Bertz CT molecular complexity index is 876. The number of hydrogen-bond acceptors (Lipinski definition) is 4. The van der Waals surface area contributed by atoms with Crippen molar-refractivity contribution in [3.8, 4) is 0 Å². The summed E-state index contributed by atoms with van der Waals surface area (Å²) in [6.45, 7) is 5.23. The zero-order valence-electron chi connectivity index (χ0n) is 17.1. The summed E-state index contributed by atoms with van der Waals surface area (Å²) in [7, 11) is 0. The van der Waals surface area contributed by atoms with Crippen LogP contribution in [-0.4, -0.2) is 46.1 Å². The maximum atomic E-state index is 12.9. The Morgan fingerprint density at radius 2 is 1.76 bits per heavy atom. The fourth-order valence-corrected chi connectivity index (χ4v) is 5.49. The van der Waals surface area contributed by atoms with Gasteiger partial charge in [-0.15, -0.1) is 0 Å². The fourth-order valence-electron chi connectivity index (χ4n) is 5.49. The molecule has 0 unspecified atom stereocenters. The minimum Gasteiger partial charge on any atom is -0.325 e. The smallest absolute Gasteiger partial charge is 0.325 e. The highest BCUT2D eigenvalue weighted by molar-refractivity contribution is 6.45. The minimum absolute atomic E-state index is 0.249. The van der Waals surface area contributed by atoms with Crippen molar-refractivity contribution in [3.05, 3.63) is 29.3 Å². The highest BCUT2D eigenvalue weighted by atomic mass is 16.2. The number of hydrogen-bond donors (Lipinski definition) is 1. The van der Waals surface area contributed by atoms with Crippen LogP contribution < -0.4 is 5.32 Å². The van der Waals surface area contributed by atoms with Gasteiger partial charge in [0.1, 0.15) is 6.54 Å². The molecule has 5 amide bonds. The molecule has 3 aliphatic rings. The zero-order chi connectivity index (χ0) is 20.9. The second-order valence-electron chi connectivity index (χ2n) is 8.85. The van der Waals surface area contributed by atoms with Crippen LogP contribution in [-0.2, 0) is 14.4 Å². The summed E-state index contributed by atoms with van der Waals surface area (Å²) in [4.78, 5) is 52.1. The van der Waals surface area contributed by atoms with Gasteiger partial charge in [-0.05, 0) is 81.0 Å². The van der Waals surface area contributed by atoms with Crippen molar-refractivity contribution in [2.24, 2.45) is 17.8 Å². The molecule has 2 bridgehead atoms. The van der Waals surface area contributed by atoms with Gasteiger partial charge in [0.2, 0.25) is 5.91 Å². The van der Waals surface area contributed by atoms with E-state index in [1.165, 1.54) is 6.42 Å². The van der Waals surface area contributed by atoms with Gasteiger partial charge >= 0.3 is 17.8 Å². The van der Waals surface area contributed by atoms with Gasteiger partial charge in [-0.1, -0.05) is 12.5 Å². The highest BCUT2D eigenvalue weighted by Gasteiger charge is 2.52. The van der Waals surface area contributed by atoms with Crippen LogP contribution >= 0.6 is 0 Å². The molecule has 1 aromatic rings. The van der Waals surface area contributed by atoms with Crippen molar-refractivity contribution in [2.75, 3.05) is 11.9 Å². The maximum absolute atomic E-state index is 12.9. The first-order valence-electron chi connectivity index (χ1n) is 10.3. The summed E-state index contributed by atoms with van der Waals surface area (Å²) in [5, 5.41) is 2.71. The molecule has 1 N–H and O–H groups in total. The van der Waals surface area contributed by atoms with Crippen molar-refractivity contribution in [2.45, 2.75) is 52.5 Å². The molecule has 7 nitrogen and oxygen atoms in total. The average Bonchev–Trinajstić information content (AvgIpc) is 3.32. The predicted molar refractivity (Wildman–Crippen MR) is 107 cm³/mol.